The molecule has 36 heavy (non-hydrogen) atoms. The van der Waals surface area contributed by atoms with E-state index in [9.17, 15) is 26.3 Å². The maximum Gasteiger partial charge on any atom is 0.490 e. The van der Waals surface area contributed by atoms with E-state index in [1.54, 1.807) is 6.26 Å². The molecule has 2 N–H and O–H groups in total. The van der Waals surface area contributed by atoms with Gasteiger partial charge >= 0.3 is 24.3 Å². The number of hydrogen-bond acceptors (Lipinski definition) is 6. The normalized spacial score (nSPS) is 16.0. The van der Waals surface area contributed by atoms with Crippen LogP contribution in [0.5, 0.6) is 0 Å². The average molecular weight is 525 g/mol. The highest BCUT2D eigenvalue weighted by Crippen LogP contribution is 2.33. The number of hydrogen-bond donors (Lipinski definition) is 2. The number of furan rings is 1. The molecule has 1 aliphatic heterocycles. The van der Waals surface area contributed by atoms with E-state index in [4.69, 9.17) is 29.2 Å². The molecule has 200 valence electrons. The molecule has 2 aromatic rings. The van der Waals surface area contributed by atoms with E-state index in [-0.39, 0.29) is 0 Å². The van der Waals surface area contributed by atoms with E-state index in [0.717, 1.165) is 50.1 Å². The Balaban J connectivity index is 0.000000271. The fraction of sp³-hybridized carbons (Fsp3) is 0.500. The lowest BCUT2D eigenvalue weighted by atomic mass is 10.2. The summed E-state index contributed by atoms with van der Waals surface area (Å²) in [5, 5.41) is 14.2. The smallest absolute Gasteiger partial charge is 0.475 e. The Kier molecular flexibility index (Phi) is 9.73. The zero-order valence-corrected chi connectivity index (χ0v) is 19.1. The van der Waals surface area contributed by atoms with Gasteiger partial charge in [-0.3, -0.25) is 4.90 Å². The molecule has 14 heteroatoms. The Morgan fingerprint density at radius 1 is 1.03 bits per heavy atom. The van der Waals surface area contributed by atoms with Crippen LogP contribution in [-0.2, 0) is 22.7 Å². The number of rotatable bonds is 4. The third kappa shape index (κ3) is 9.76. The van der Waals surface area contributed by atoms with Crippen molar-refractivity contribution in [1.29, 1.82) is 0 Å². The fourth-order valence-electron chi connectivity index (χ4n) is 3.20. The molecule has 0 unspecified atom stereocenters. The molecule has 1 saturated carbocycles. The summed E-state index contributed by atoms with van der Waals surface area (Å²) in [5.74, 6) is -2.39. The van der Waals surface area contributed by atoms with Crippen molar-refractivity contribution in [3.8, 4) is 0 Å². The zero-order chi connectivity index (χ0) is 27.1. The number of halogens is 6. The number of aryl methyl sites for hydroxylation is 1. The predicted octanol–water partition coefficient (Wildman–Crippen LogP) is 4.48. The van der Waals surface area contributed by atoms with Crippen LogP contribution in [0.1, 0.15) is 29.9 Å². The molecule has 0 spiro atoms. The van der Waals surface area contributed by atoms with Gasteiger partial charge in [-0.1, -0.05) is 6.07 Å². The van der Waals surface area contributed by atoms with Crippen molar-refractivity contribution >= 4 is 17.8 Å². The Morgan fingerprint density at radius 3 is 2.08 bits per heavy atom. The van der Waals surface area contributed by atoms with Crippen molar-refractivity contribution in [2.75, 3.05) is 24.5 Å². The number of carbonyl (C=O) groups is 2. The van der Waals surface area contributed by atoms with Crippen molar-refractivity contribution in [1.82, 2.24) is 9.88 Å². The van der Waals surface area contributed by atoms with Crippen molar-refractivity contribution < 1.29 is 50.6 Å². The lowest BCUT2D eigenvalue weighted by Crippen LogP contribution is -2.33. The SMILES string of the molecule is Cc1ccc2c(n1)N(CC1CC1)CCN(Cc1ccco1)C2.O=C(O)C(F)(F)F.O=C(O)C(F)(F)F. The van der Waals surface area contributed by atoms with Gasteiger partial charge in [-0.25, -0.2) is 14.6 Å². The lowest BCUT2D eigenvalue weighted by Gasteiger charge is -2.24. The van der Waals surface area contributed by atoms with Gasteiger partial charge in [0.1, 0.15) is 11.6 Å². The number of carboxylic acids is 2. The molecule has 4 rings (SSSR count). The molecular formula is C22H25F6N3O5. The van der Waals surface area contributed by atoms with Crippen LogP contribution >= 0.6 is 0 Å². The van der Waals surface area contributed by atoms with Crippen molar-refractivity contribution in [2.24, 2.45) is 5.92 Å². The standard InChI is InChI=1S/C18H23N3O.2C2HF3O2/c1-14-4-7-16-12-20(13-17-3-2-10-22-17)8-9-21(18(16)19-14)11-15-5-6-15;2*3-2(4,5)1(6)7/h2-4,7,10,15H,5-6,8-9,11-13H2,1H3;2*(H,6,7). The van der Waals surface area contributed by atoms with Crippen LogP contribution in [-0.4, -0.2) is 64.0 Å². The minimum atomic E-state index is -5.08. The topological polar surface area (TPSA) is 107 Å². The van der Waals surface area contributed by atoms with Crippen LogP contribution in [0.3, 0.4) is 0 Å². The van der Waals surface area contributed by atoms with Crippen LogP contribution in [0.15, 0.2) is 34.9 Å². The number of nitrogens with zero attached hydrogens (tertiary/aromatic N) is 3. The molecule has 3 heterocycles. The first-order valence-electron chi connectivity index (χ1n) is 10.7. The summed E-state index contributed by atoms with van der Waals surface area (Å²) in [7, 11) is 0. The van der Waals surface area contributed by atoms with Gasteiger partial charge in [0.15, 0.2) is 0 Å². The molecule has 0 radical (unpaired) electrons. The molecule has 0 amide bonds. The Labute approximate surface area is 202 Å². The van der Waals surface area contributed by atoms with Gasteiger partial charge in [0, 0.05) is 37.4 Å². The van der Waals surface area contributed by atoms with Crippen LogP contribution in [0.4, 0.5) is 32.2 Å². The second-order valence-electron chi connectivity index (χ2n) is 8.22. The highest BCUT2D eigenvalue weighted by Gasteiger charge is 2.39. The Morgan fingerprint density at radius 2 is 1.61 bits per heavy atom. The van der Waals surface area contributed by atoms with Crippen LogP contribution in [0, 0.1) is 12.8 Å². The molecule has 1 aliphatic carbocycles. The van der Waals surface area contributed by atoms with E-state index < -0.39 is 24.3 Å². The van der Waals surface area contributed by atoms with E-state index in [0.29, 0.717) is 0 Å². The van der Waals surface area contributed by atoms with Gasteiger partial charge in [0.05, 0.1) is 12.8 Å². The van der Waals surface area contributed by atoms with Gasteiger partial charge in [-0.2, -0.15) is 26.3 Å². The quantitative estimate of drug-likeness (QED) is 0.563. The first-order valence-corrected chi connectivity index (χ1v) is 10.7. The van der Waals surface area contributed by atoms with Gasteiger partial charge < -0.3 is 19.5 Å². The number of alkyl halides is 6. The average Bonchev–Trinajstić information content (AvgIpc) is 3.47. The third-order valence-electron chi connectivity index (χ3n) is 5.09. The van der Waals surface area contributed by atoms with Crippen molar-refractivity contribution in [3.05, 3.63) is 47.5 Å². The number of fused-ring (bicyclic) bond motifs is 1. The zero-order valence-electron chi connectivity index (χ0n) is 19.1. The molecule has 8 nitrogen and oxygen atoms in total. The van der Waals surface area contributed by atoms with Crippen molar-refractivity contribution in [3.63, 3.8) is 0 Å². The second-order valence-corrected chi connectivity index (χ2v) is 8.22. The molecule has 1 fully saturated rings. The summed E-state index contributed by atoms with van der Waals surface area (Å²) < 4.78 is 69.0. The molecule has 0 saturated heterocycles. The highest BCUT2D eigenvalue weighted by molar-refractivity contribution is 5.73. The number of pyridine rings is 1. The molecule has 2 aromatic heterocycles. The monoisotopic (exact) mass is 525 g/mol. The van der Waals surface area contributed by atoms with E-state index >= 15 is 0 Å². The van der Waals surface area contributed by atoms with Gasteiger partial charge in [0.2, 0.25) is 0 Å². The number of carboxylic acid groups (broad SMARTS) is 2. The van der Waals surface area contributed by atoms with E-state index in [1.807, 2.05) is 6.07 Å². The predicted molar refractivity (Wildman–Crippen MR) is 114 cm³/mol. The number of aromatic nitrogens is 1. The van der Waals surface area contributed by atoms with Gasteiger partial charge in [-0.05, 0) is 43.9 Å². The minimum absolute atomic E-state index is 0.873. The Hall–Kier alpha value is -3.29. The maximum absolute atomic E-state index is 10.6. The van der Waals surface area contributed by atoms with Crippen LogP contribution < -0.4 is 4.90 Å². The summed E-state index contributed by atoms with van der Waals surface area (Å²) in [5.41, 5.74) is 2.45. The largest absolute Gasteiger partial charge is 0.490 e. The van der Waals surface area contributed by atoms with Crippen molar-refractivity contribution in [2.45, 2.75) is 45.2 Å². The number of aliphatic carboxylic acids is 2. The van der Waals surface area contributed by atoms with E-state index in [1.165, 1.54) is 24.2 Å². The van der Waals surface area contributed by atoms with Gasteiger partial charge in [0.25, 0.3) is 0 Å². The third-order valence-corrected chi connectivity index (χ3v) is 5.09. The summed E-state index contributed by atoms with van der Waals surface area (Å²) in [6, 6.07) is 8.40. The minimum Gasteiger partial charge on any atom is -0.475 e. The van der Waals surface area contributed by atoms with E-state index in [2.05, 4.69) is 34.9 Å². The molecule has 2 aliphatic rings. The molecular weight excluding hydrogens is 500 g/mol. The molecule has 0 aromatic carbocycles. The first-order chi connectivity index (χ1) is 16.7. The highest BCUT2D eigenvalue weighted by atomic mass is 19.4. The molecule has 0 atom stereocenters. The van der Waals surface area contributed by atoms with Gasteiger partial charge in [-0.15, -0.1) is 0 Å². The summed E-state index contributed by atoms with van der Waals surface area (Å²) in [4.78, 5) is 27.6. The number of anilines is 1. The summed E-state index contributed by atoms with van der Waals surface area (Å²) in [6.07, 6.45) is -5.65. The summed E-state index contributed by atoms with van der Waals surface area (Å²) in [6.45, 7) is 7.19. The fourth-order valence-corrected chi connectivity index (χ4v) is 3.20. The molecule has 0 bridgehead atoms. The summed E-state index contributed by atoms with van der Waals surface area (Å²) >= 11 is 0. The van der Waals surface area contributed by atoms with Crippen LogP contribution in [0.2, 0.25) is 0 Å². The second kappa shape index (κ2) is 12.1. The Bertz CT molecular complexity index is 983. The lowest BCUT2D eigenvalue weighted by molar-refractivity contribution is -0.193. The van der Waals surface area contributed by atoms with Crippen LogP contribution in [0.25, 0.3) is 0 Å². The first kappa shape index (κ1) is 28.9. The maximum atomic E-state index is 10.6.